The van der Waals surface area contributed by atoms with Crippen molar-refractivity contribution in [1.29, 1.82) is 0 Å². The summed E-state index contributed by atoms with van der Waals surface area (Å²) in [4.78, 5) is 0. The number of nitrogens with zero attached hydrogens (tertiary/aromatic N) is 3. The lowest BCUT2D eigenvalue weighted by Crippen LogP contribution is -2.43. The molecule has 4 heteroatoms. The molecular weight excluding hydrogens is 332 g/mol. The summed E-state index contributed by atoms with van der Waals surface area (Å²) < 4.78 is 0. The summed E-state index contributed by atoms with van der Waals surface area (Å²) in [7, 11) is 3.93. The van der Waals surface area contributed by atoms with Gasteiger partial charge in [-0.1, -0.05) is 42.8 Å². The first-order valence-corrected chi connectivity index (χ1v) is 10.1. The average molecular weight is 365 g/mol. The third kappa shape index (κ3) is 5.83. The lowest BCUT2D eigenvalue weighted by atomic mass is 9.97. The summed E-state index contributed by atoms with van der Waals surface area (Å²) in [6, 6.07) is 21.7. The van der Waals surface area contributed by atoms with Crippen LogP contribution in [0.3, 0.4) is 0 Å². The van der Waals surface area contributed by atoms with Crippen molar-refractivity contribution in [2.24, 2.45) is 11.0 Å². The van der Waals surface area contributed by atoms with Gasteiger partial charge in [-0.15, -0.1) is 0 Å². The predicted octanol–water partition coefficient (Wildman–Crippen LogP) is 5.22. The number of rotatable bonds is 9. The van der Waals surface area contributed by atoms with E-state index in [4.69, 9.17) is 0 Å². The Morgan fingerprint density at radius 3 is 2.19 bits per heavy atom. The SMILES string of the molecule is CN(C)/N=C/CCCC1CCCC1NN(c1ccccc1)c1ccccc1. The van der Waals surface area contributed by atoms with Gasteiger partial charge in [-0.05, 0) is 62.3 Å². The van der Waals surface area contributed by atoms with E-state index in [1.165, 1.54) is 43.5 Å². The van der Waals surface area contributed by atoms with E-state index < -0.39 is 0 Å². The zero-order valence-corrected chi connectivity index (χ0v) is 16.6. The number of benzene rings is 2. The quantitative estimate of drug-likeness (QED) is 0.376. The molecule has 2 aromatic rings. The molecule has 0 heterocycles. The molecule has 0 saturated heterocycles. The van der Waals surface area contributed by atoms with Gasteiger partial charge in [0.15, 0.2) is 0 Å². The Bertz CT molecular complexity index is 645. The first-order valence-electron chi connectivity index (χ1n) is 10.1. The number of para-hydroxylation sites is 2. The van der Waals surface area contributed by atoms with Crippen LogP contribution in [0.2, 0.25) is 0 Å². The second kappa shape index (κ2) is 10.1. The lowest BCUT2D eigenvalue weighted by Gasteiger charge is -2.32. The predicted molar refractivity (Wildman–Crippen MR) is 115 cm³/mol. The summed E-state index contributed by atoms with van der Waals surface area (Å²) in [6.45, 7) is 0. The minimum absolute atomic E-state index is 0.524. The van der Waals surface area contributed by atoms with Gasteiger partial charge in [0.05, 0.1) is 11.4 Å². The van der Waals surface area contributed by atoms with Crippen LogP contribution in [0, 0.1) is 5.92 Å². The molecule has 1 saturated carbocycles. The highest BCUT2D eigenvalue weighted by atomic mass is 15.5. The summed E-state index contributed by atoms with van der Waals surface area (Å²) in [5.74, 6) is 0.729. The molecular formula is C23H32N4. The highest BCUT2D eigenvalue weighted by molar-refractivity contribution is 5.61. The van der Waals surface area contributed by atoms with Crippen molar-refractivity contribution in [3.63, 3.8) is 0 Å². The van der Waals surface area contributed by atoms with Crippen LogP contribution in [-0.2, 0) is 0 Å². The van der Waals surface area contributed by atoms with Gasteiger partial charge in [-0.2, -0.15) is 5.10 Å². The van der Waals surface area contributed by atoms with Crippen molar-refractivity contribution in [3.8, 4) is 0 Å². The van der Waals surface area contributed by atoms with Crippen molar-refractivity contribution >= 4 is 17.6 Å². The Morgan fingerprint density at radius 1 is 0.963 bits per heavy atom. The van der Waals surface area contributed by atoms with Crippen LogP contribution in [0.25, 0.3) is 0 Å². The Morgan fingerprint density at radius 2 is 1.59 bits per heavy atom. The van der Waals surface area contributed by atoms with E-state index in [9.17, 15) is 0 Å². The van der Waals surface area contributed by atoms with Crippen LogP contribution < -0.4 is 10.4 Å². The minimum Gasteiger partial charge on any atom is -0.303 e. The van der Waals surface area contributed by atoms with Crippen LogP contribution >= 0.6 is 0 Å². The van der Waals surface area contributed by atoms with Gasteiger partial charge in [0.25, 0.3) is 0 Å². The Hall–Kier alpha value is -2.33. The van der Waals surface area contributed by atoms with Crippen LogP contribution in [-0.4, -0.2) is 31.4 Å². The van der Waals surface area contributed by atoms with Gasteiger partial charge >= 0.3 is 0 Å². The Balaban J connectivity index is 1.64. The largest absolute Gasteiger partial charge is 0.303 e. The maximum Gasteiger partial charge on any atom is 0.0577 e. The molecule has 0 spiro atoms. The molecule has 2 atom stereocenters. The fraction of sp³-hybridized carbons (Fsp3) is 0.435. The molecule has 1 N–H and O–H groups in total. The second-order valence-corrected chi connectivity index (χ2v) is 7.51. The van der Waals surface area contributed by atoms with Crippen molar-refractivity contribution in [2.75, 3.05) is 19.1 Å². The van der Waals surface area contributed by atoms with E-state index in [1.54, 1.807) is 0 Å². The van der Waals surface area contributed by atoms with E-state index in [-0.39, 0.29) is 0 Å². The summed E-state index contributed by atoms with van der Waals surface area (Å²) in [5, 5.41) is 8.44. The number of hydrogen-bond acceptors (Lipinski definition) is 4. The van der Waals surface area contributed by atoms with E-state index in [2.05, 4.69) is 76.2 Å². The standard InChI is InChI=1S/C23H32N4/c1-26(2)24-19-10-9-12-20-13-11-18-23(20)25-27(21-14-5-3-6-15-21)22-16-7-4-8-17-22/h3-8,14-17,19-20,23,25H,9-13,18H2,1-2H3/b24-19+. The molecule has 0 amide bonds. The third-order valence-corrected chi connectivity index (χ3v) is 5.20. The monoisotopic (exact) mass is 364 g/mol. The Kier molecular flexibility index (Phi) is 7.28. The average Bonchev–Trinajstić information content (AvgIpc) is 3.14. The zero-order chi connectivity index (χ0) is 18.9. The molecule has 1 aliphatic carbocycles. The number of anilines is 2. The van der Waals surface area contributed by atoms with Crippen LogP contribution in [0.15, 0.2) is 65.8 Å². The summed E-state index contributed by atoms with van der Waals surface area (Å²) in [5.41, 5.74) is 6.22. The highest BCUT2D eigenvalue weighted by Gasteiger charge is 2.28. The first kappa shape index (κ1) is 19.4. The normalized spacial score (nSPS) is 19.5. The smallest absolute Gasteiger partial charge is 0.0577 e. The van der Waals surface area contributed by atoms with Gasteiger partial charge in [0, 0.05) is 26.4 Å². The van der Waals surface area contributed by atoms with Gasteiger partial charge in [0.2, 0.25) is 0 Å². The van der Waals surface area contributed by atoms with Crippen LogP contribution in [0.4, 0.5) is 11.4 Å². The summed E-state index contributed by atoms with van der Waals surface area (Å²) >= 11 is 0. The van der Waals surface area contributed by atoms with Gasteiger partial charge < -0.3 is 5.01 Å². The van der Waals surface area contributed by atoms with E-state index in [0.717, 1.165) is 12.3 Å². The maximum atomic E-state index is 4.32. The van der Waals surface area contributed by atoms with Crippen molar-refractivity contribution in [2.45, 2.75) is 44.6 Å². The highest BCUT2D eigenvalue weighted by Crippen LogP contribution is 2.32. The fourth-order valence-corrected chi connectivity index (χ4v) is 3.86. The van der Waals surface area contributed by atoms with Gasteiger partial charge in [-0.3, -0.25) is 5.01 Å². The first-order chi connectivity index (χ1) is 13.2. The number of unbranched alkanes of at least 4 members (excludes halogenated alkanes) is 1. The molecule has 2 unspecified atom stereocenters. The minimum atomic E-state index is 0.524. The Labute approximate surface area is 163 Å². The molecule has 0 aromatic heterocycles. The molecule has 0 radical (unpaired) electrons. The lowest BCUT2D eigenvalue weighted by molar-refractivity contribution is 0.375. The van der Waals surface area contributed by atoms with Crippen LogP contribution in [0.1, 0.15) is 38.5 Å². The van der Waals surface area contributed by atoms with E-state index in [1.807, 2.05) is 25.3 Å². The van der Waals surface area contributed by atoms with Crippen molar-refractivity contribution < 1.29 is 0 Å². The maximum absolute atomic E-state index is 4.32. The van der Waals surface area contributed by atoms with Gasteiger partial charge in [0.1, 0.15) is 0 Å². The van der Waals surface area contributed by atoms with E-state index >= 15 is 0 Å². The molecule has 144 valence electrons. The molecule has 0 aliphatic heterocycles. The number of hydrogen-bond donors (Lipinski definition) is 1. The molecule has 2 aromatic carbocycles. The molecule has 0 bridgehead atoms. The van der Waals surface area contributed by atoms with Crippen LogP contribution in [0.5, 0.6) is 0 Å². The molecule has 27 heavy (non-hydrogen) atoms. The number of hydrazone groups is 1. The fourth-order valence-electron chi connectivity index (χ4n) is 3.86. The topological polar surface area (TPSA) is 30.9 Å². The number of hydrazine groups is 1. The van der Waals surface area contributed by atoms with Crippen molar-refractivity contribution in [1.82, 2.24) is 10.4 Å². The second-order valence-electron chi connectivity index (χ2n) is 7.51. The molecule has 4 nitrogen and oxygen atoms in total. The zero-order valence-electron chi connectivity index (χ0n) is 16.6. The third-order valence-electron chi connectivity index (χ3n) is 5.20. The van der Waals surface area contributed by atoms with E-state index in [0.29, 0.717) is 6.04 Å². The summed E-state index contributed by atoms with van der Waals surface area (Å²) in [6.07, 6.45) is 9.43. The molecule has 3 rings (SSSR count). The van der Waals surface area contributed by atoms with Gasteiger partial charge in [-0.25, -0.2) is 5.43 Å². The molecule has 1 aliphatic rings. The molecule has 1 fully saturated rings. The number of nitrogens with one attached hydrogen (secondary N) is 1. The van der Waals surface area contributed by atoms with Crippen molar-refractivity contribution in [3.05, 3.63) is 60.7 Å².